The highest BCUT2D eigenvalue weighted by molar-refractivity contribution is 5.94. The lowest BCUT2D eigenvalue weighted by Crippen LogP contribution is -2.49. The molecule has 0 bridgehead atoms. The van der Waals surface area contributed by atoms with Gasteiger partial charge in [-0.05, 0) is 52.1 Å². The molecule has 0 aromatic rings. The normalized spacial score (nSPS) is 22.6. The zero-order valence-corrected chi connectivity index (χ0v) is 10.3. The van der Waals surface area contributed by atoms with Crippen LogP contribution in [0.4, 0.5) is 0 Å². The van der Waals surface area contributed by atoms with Crippen molar-refractivity contribution in [1.82, 2.24) is 9.80 Å². The monoisotopic (exact) mass is 220 g/mol. The van der Waals surface area contributed by atoms with E-state index in [-0.39, 0.29) is 11.4 Å². The molecule has 0 radical (unpaired) electrons. The third-order valence-corrected chi connectivity index (χ3v) is 3.83. The van der Waals surface area contributed by atoms with Crippen molar-refractivity contribution in [3.8, 4) is 11.8 Å². The van der Waals surface area contributed by atoms with Crippen LogP contribution in [-0.2, 0) is 4.79 Å². The Balaban J connectivity index is 2.00. The quantitative estimate of drug-likeness (QED) is 0.618. The Bertz CT molecular complexity index is 328. The maximum Gasteiger partial charge on any atom is 0.298 e. The molecular formula is C13H20N2O. The first kappa shape index (κ1) is 11.5. The maximum atomic E-state index is 11.8. The highest BCUT2D eigenvalue weighted by Crippen LogP contribution is 2.35. The summed E-state index contributed by atoms with van der Waals surface area (Å²) >= 11 is 0. The van der Waals surface area contributed by atoms with Crippen molar-refractivity contribution < 1.29 is 4.79 Å². The van der Waals surface area contributed by atoms with E-state index in [4.69, 9.17) is 0 Å². The van der Waals surface area contributed by atoms with Crippen molar-refractivity contribution in [2.75, 3.05) is 27.2 Å². The van der Waals surface area contributed by atoms with Crippen LogP contribution in [0.1, 0.15) is 32.1 Å². The molecule has 3 heteroatoms. The van der Waals surface area contributed by atoms with Crippen molar-refractivity contribution in [1.29, 1.82) is 0 Å². The molecule has 1 aliphatic carbocycles. The molecular weight excluding hydrogens is 200 g/mol. The molecule has 1 amide bonds. The van der Waals surface area contributed by atoms with Gasteiger partial charge in [-0.2, -0.15) is 0 Å². The van der Waals surface area contributed by atoms with Gasteiger partial charge in [0.05, 0.1) is 5.54 Å². The zero-order chi connectivity index (χ0) is 11.6. The lowest BCUT2D eigenvalue weighted by molar-refractivity contribution is -0.124. The largest absolute Gasteiger partial charge is 0.332 e. The van der Waals surface area contributed by atoms with Crippen LogP contribution in [0, 0.1) is 11.8 Å². The summed E-state index contributed by atoms with van der Waals surface area (Å²) in [5, 5.41) is 0. The predicted molar refractivity (Wildman–Crippen MR) is 63.9 cm³/mol. The molecule has 2 aliphatic rings. The molecule has 3 nitrogen and oxygen atoms in total. The Morgan fingerprint density at radius 3 is 2.25 bits per heavy atom. The minimum Gasteiger partial charge on any atom is -0.332 e. The first-order chi connectivity index (χ1) is 7.64. The summed E-state index contributed by atoms with van der Waals surface area (Å²) < 4.78 is 0. The number of likely N-dealkylation sites (tertiary alicyclic amines) is 1. The average Bonchev–Trinajstić information content (AvgIpc) is 2.67. The van der Waals surface area contributed by atoms with Crippen LogP contribution in [0.25, 0.3) is 0 Å². The van der Waals surface area contributed by atoms with E-state index in [2.05, 4.69) is 16.7 Å². The Labute approximate surface area is 97.8 Å². The van der Waals surface area contributed by atoms with E-state index >= 15 is 0 Å². The number of carbonyl (C=O) groups is 1. The fourth-order valence-corrected chi connectivity index (χ4v) is 2.36. The van der Waals surface area contributed by atoms with Gasteiger partial charge in [-0.25, -0.2) is 0 Å². The van der Waals surface area contributed by atoms with E-state index in [1.54, 1.807) is 0 Å². The van der Waals surface area contributed by atoms with Crippen LogP contribution < -0.4 is 0 Å². The summed E-state index contributed by atoms with van der Waals surface area (Å²) in [5.41, 5.74) is -0.0185. The van der Waals surface area contributed by atoms with Gasteiger partial charge in [0, 0.05) is 13.1 Å². The number of hydrogen-bond acceptors (Lipinski definition) is 2. The highest BCUT2D eigenvalue weighted by Gasteiger charge is 2.37. The average molecular weight is 220 g/mol. The number of nitrogens with zero attached hydrogens (tertiary/aromatic N) is 2. The van der Waals surface area contributed by atoms with Crippen molar-refractivity contribution >= 4 is 5.91 Å². The smallest absolute Gasteiger partial charge is 0.298 e. The van der Waals surface area contributed by atoms with Crippen molar-refractivity contribution in [2.24, 2.45) is 0 Å². The van der Waals surface area contributed by atoms with E-state index in [1.165, 1.54) is 6.42 Å². The van der Waals surface area contributed by atoms with Gasteiger partial charge in [0.1, 0.15) is 0 Å². The van der Waals surface area contributed by atoms with Crippen molar-refractivity contribution in [3.63, 3.8) is 0 Å². The highest BCUT2D eigenvalue weighted by atomic mass is 16.2. The maximum absolute atomic E-state index is 11.8. The van der Waals surface area contributed by atoms with Crippen molar-refractivity contribution in [3.05, 3.63) is 0 Å². The van der Waals surface area contributed by atoms with Gasteiger partial charge in [-0.15, -0.1) is 0 Å². The molecule has 2 rings (SSSR count). The Kier molecular flexibility index (Phi) is 3.20. The Morgan fingerprint density at radius 1 is 1.19 bits per heavy atom. The second-order valence-electron chi connectivity index (χ2n) is 5.03. The standard InChI is InChI=1S/C13H20N2O/c1-14(2)13(7-5-8-13)9-6-12(16)15-10-3-4-11-15/h3-5,7-8,10-11H2,1-2H3. The van der Waals surface area contributed by atoms with Crippen LogP contribution in [0.2, 0.25) is 0 Å². The van der Waals surface area contributed by atoms with Crippen LogP contribution >= 0.6 is 0 Å². The molecule has 16 heavy (non-hydrogen) atoms. The lowest BCUT2D eigenvalue weighted by Gasteiger charge is -2.42. The summed E-state index contributed by atoms with van der Waals surface area (Å²) in [6.45, 7) is 1.78. The summed E-state index contributed by atoms with van der Waals surface area (Å²) in [4.78, 5) is 15.8. The van der Waals surface area contributed by atoms with Crippen LogP contribution in [-0.4, -0.2) is 48.4 Å². The number of carbonyl (C=O) groups excluding carboxylic acids is 1. The minimum absolute atomic E-state index is 0.0185. The number of amides is 1. The fraction of sp³-hybridized carbons (Fsp3) is 0.769. The third-order valence-electron chi connectivity index (χ3n) is 3.83. The fourth-order valence-electron chi connectivity index (χ4n) is 2.36. The summed E-state index contributed by atoms with van der Waals surface area (Å²) in [7, 11) is 4.10. The van der Waals surface area contributed by atoms with E-state index < -0.39 is 0 Å². The van der Waals surface area contributed by atoms with Crippen LogP contribution in [0.15, 0.2) is 0 Å². The zero-order valence-electron chi connectivity index (χ0n) is 10.3. The lowest BCUT2D eigenvalue weighted by atomic mass is 9.76. The summed E-state index contributed by atoms with van der Waals surface area (Å²) in [6, 6.07) is 0. The Hall–Kier alpha value is -1.01. The molecule has 1 heterocycles. The predicted octanol–water partition coefficient (Wildman–Crippen LogP) is 1.10. The number of hydrogen-bond donors (Lipinski definition) is 0. The second kappa shape index (κ2) is 4.47. The van der Waals surface area contributed by atoms with Gasteiger partial charge >= 0.3 is 0 Å². The summed E-state index contributed by atoms with van der Waals surface area (Å²) in [5.74, 6) is 6.06. The molecule has 1 saturated carbocycles. The van der Waals surface area contributed by atoms with Gasteiger partial charge in [0.15, 0.2) is 0 Å². The second-order valence-corrected chi connectivity index (χ2v) is 5.03. The number of rotatable bonds is 1. The topological polar surface area (TPSA) is 23.6 Å². The molecule has 1 saturated heterocycles. The molecule has 0 aromatic carbocycles. The Morgan fingerprint density at radius 2 is 1.81 bits per heavy atom. The molecule has 88 valence electrons. The van der Waals surface area contributed by atoms with Gasteiger partial charge < -0.3 is 4.90 Å². The van der Waals surface area contributed by atoms with Gasteiger partial charge in [-0.3, -0.25) is 9.69 Å². The van der Waals surface area contributed by atoms with Gasteiger partial charge in [0.2, 0.25) is 0 Å². The molecule has 1 aliphatic heterocycles. The van der Waals surface area contributed by atoms with Crippen LogP contribution in [0.5, 0.6) is 0 Å². The SMILES string of the molecule is CN(C)C1(C#CC(=O)N2CCCC2)CCC1. The van der Waals surface area contributed by atoms with Crippen molar-refractivity contribution in [2.45, 2.75) is 37.6 Å². The van der Waals surface area contributed by atoms with Gasteiger partial charge in [0.25, 0.3) is 5.91 Å². The van der Waals surface area contributed by atoms with Gasteiger partial charge in [-0.1, -0.05) is 5.92 Å². The first-order valence-electron chi connectivity index (χ1n) is 6.14. The first-order valence-corrected chi connectivity index (χ1v) is 6.14. The minimum atomic E-state index is -0.0185. The molecule has 0 aromatic heterocycles. The van der Waals surface area contributed by atoms with Crippen LogP contribution in [0.3, 0.4) is 0 Å². The van der Waals surface area contributed by atoms with E-state index in [0.29, 0.717) is 0 Å². The molecule has 0 spiro atoms. The molecule has 0 atom stereocenters. The third kappa shape index (κ3) is 2.08. The van der Waals surface area contributed by atoms with E-state index in [0.717, 1.165) is 38.8 Å². The molecule has 0 N–H and O–H groups in total. The van der Waals surface area contributed by atoms with E-state index in [9.17, 15) is 4.79 Å². The summed E-state index contributed by atoms with van der Waals surface area (Å²) in [6.07, 6.45) is 5.68. The molecule has 0 unspecified atom stereocenters. The molecule has 2 fully saturated rings. The van der Waals surface area contributed by atoms with E-state index in [1.807, 2.05) is 19.0 Å².